The molecule has 1 fully saturated rings. The summed E-state index contributed by atoms with van der Waals surface area (Å²) in [6.07, 6.45) is 4.76. The zero-order chi connectivity index (χ0) is 12.7. The first-order valence-electron chi connectivity index (χ1n) is 6.24. The second kappa shape index (κ2) is 4.14. The minimum absolute atomic E-state index is 0.365. The van der Waals surface area contributed by atoms with Crippen molar-refractivity contribution in [3.05, 3.63) is 35.5 Å². The number of H-pyrrole nitrogens is 1. The molecule has 3 rings (SSSR count). The van der Waals surface area contributed by atoms with Crippen LogP contribution in [0.25, 0.3) is 10.9 Å². The van der Waals surface area contributed by atoms with Crippen LogP contribution in [0.15, 0.2) is 24.4 Å². The molecule has 1 saturated carbocycles. The lowest BCUT2D eigenvalue weighted by Crippen LogP contribution is -2.32. The number of benzene rings is 1. The summed E-state index contributed by atoms with van der Waals surface area (Å²) in [5.74, 6) is -0.281. The Morgan fingerprint density at radius 2 is 2.28 bits per heavy atom. The Labute approximate surface area is 105 Å². The van der Waals surface area contributed by atoms with Crippen molar-refractivity contribution in [2.45, 2.75) is 31.2 Å². The highest BCUT2D eigenvalue weighted by atomic mass is 16.4. The topological polar surface area (TPSA) is 79.1 Å². The van der Waals surface area contributed by atoms with Crippen molar-refractivity contribution in [1.82, 2.24) is 4.98 Å². The number of fused-ring (bicyclic) bond motifs is 1. The van der Waals surface area contributed by atoms with Crippen molar-refractivity contribution < 1.29 is 9.90 Å². The van der Waals surface area contributed by atoms with Gasteiger partial charge in [-0.05, 0) is 29.9 Å². The van der Waals surface area contributed by atoms with Gasteiger partial charge in [0.25, 0.3) is 0 Å². The molecule has 0 radical (unpaired) electrons. The van der Waals surface area contributed by atoms with E-state index in [0.29, 0.717) is 12.3 Å². The maximum absolute atomic E-state index is 10.8. The molecule has 18 heavy (non-hydrogen) atoms. The molecule has 4 heteroatoms. The fraction of sp³-hybridized carbons (Fsp3) is 0.357. The SMILES string of the molecule is NC(Cc1c[nH]c2c(C3CC3)cccc12)C(=O)O. The summed E-state index contributed by atoms with van der Waals surface area (Å²) in [4.78, 5) is 14.1. The van der Waals surface area contributed by atoms with Crippen LogP contribution in [-0.2, 0) is 11.2 Å². The third kappa shape index (κ3) is 1.88. The molecule has 1 aromatic carbocycles. The molecular formula is C14H16N2O2. The lowest BCUT2D eigenvalue weighted by atomic mass is 10.0. The van der Waals surface area contributed by atoms with Crippen LogP contribution in [0.3, 0.4) is 0 Å². The van der Waals surface area contributed by atoms with Crippen molar-refractivity contribution >= 4 is 16.9 Å². The number of aromatic nitrogens is 1. The Balaban J connectivity index is 1.99. The van der Waals surface area contributed by atoms with Gasteiger partial charge in [0, 0.05) is 23.5 Å². The highest BCUT2D eigenvalue weighted by molar-refractivity contribution is 5.87. The van der Waals surface area contributed by atoms with E-state index in [1.54, 1.807) is 0 Å². The molecule has 1 heterocycles. The number of hydrogen-bond acceptors (Lipinski definition) is 2. The van der Waals surface area contributed by atoms with E-state index in [1.165, 1.54) is 18.4 Å². The fourth-order valence-electron chi connectivity index (χ4n) is 2.46. The van der Waals surface area contributed by atoms with Gasteiger partial charge in [-0.3, -0.25) is 4.79 Å². The van der Waals surface area contributed by atoms with Gasteiger partial charge in [0.05, 0.1) is 0 Å². The second-order valence-electron chi connectivity index (χ2n) is 5.01. The summed E-state index contributed by atoms with van der Waals surface area (Å²) in [6, 6.07) is 5.38. The summed E-state index contributed by atoms with van der Waals surface area (Å²) in [6.45, 7) is 0. The predicted molar refractivity (Wildman–Crippen MR) is 69.6 cm³/mol. The van der Waals surface area contributed by atoms with Crippen LogP contribution in [0.4, 0.5) is 0 Å². The number of carbonyl (C=O) groups is 1. The number of nitrogens with one attached hydrogen (secondary N) is 1. The van der Waals surface area contributed by atoms with Crippen molar-refractivity contribution in [2.24, 2.45) is 5.73 Å². The van der Waals surface area contributed by atoms with E-state index in [4.69, 9.17) is 10.8 Å². The van der Waals surface area contributed by atoms with Gasteiger partial charge in [-0.2, -0.15) is 0 Å². The first-order chi connectivity index (χ1) is 8.66. The van der Waals surface area contributed by atoms with Gasteiger partial charge in [-0.25, -0.2) is 0 Å². The van der Waals surface area contributed by atoms with E-state index in [2.05, 4.69) is 11.1 Å². The second-order valence-corrected chi connectivity index (χ2v) is 5.01. The molecule has 94 valence electrons. The third-order valence-electron chi connectivity index (χ3n) is 3.61. The summed E-state index contributed by atoms with van der Waals surface area (Å²) in [5, 5.41) is 9.98. The number of rotatable bonds is 4. The maximum atomic E-state index is 10.8. The molecule has 1 aliphatic rings. The van der Waals surface area contributed by atoms with Crippen LogP contribution in [-0.4, -0.2) is 22.1 Å². The lowest BCUT2D eigenvalue weighted by molar-refractivity contribution is -0.138. The van der Waals surface area contributed by atoms with E-state index >= 15 is 0 Å². The fourth-order valence-corrected chi connectivity index (χ4v) is 2.46. The lowest BCUT2D eigenvalue weighted by Gasteiger charge is -2.05. The molecule has 2 aromatic rings. The van der Waals surface area contributed by atoms with Gasteiger partial charge in [-0.1, -0.05) is 18.2 Å². The Bertz CT molecular complexity index is 599. The highest BCUT2D eigenvalue weighted by Crippen LogP contribution is 2.43. The van der Waals surface area contributed by atoms with Crippen LogP contribution in [0.5, 0.6) is 0 Å². The molecule has 1 atom stereocenters. The molecule has 1 aromatic heterocycles. The van der Waals surface area contributed by atoms with Gasteiger partial charge in [0.2, 0.25) is 0 Å². The average molecular weight is 244 g/mol. The largest absolute Gasteiger partial charge is 0.480 e. The van der Waals surface area contributed by atoms with Crippen LogP contribution in [0.1, 0.15) is 29.9 Å². The third-order valence-corrected chi connectivity index (χ3v) is 3.61. The molecule has 0 saturated heterocycles. The number of carboxylic acid groups (broad SMARTS) is 1. The maximum Gasteiger partial charge on any atom is 0.320 e. The number of para-hydroxylation sites is 1. The summed E-state index contributed by atoms with van der Waals surface area (Å²) < 4.78 is 0. The van der Waals surface area contributed by atoms with Crippen LogP contribution >= 0.6 is 0 Å². The van der Waals surface area contributed by atoms with E-state index in [1.807, 2.05) is 18.3 Å². The number of hydrogen-bond donors (Lipinski definition) is 3. The Hall–Kier alpha value is -1.81. The number of carboxylic acids is 1. The highest BCUT2D eigenvalue weighted by Gasteiger charge is 2.26. The molecule has 0 bridgehead atoms. The predicted octanol–water partition coefficient (Wildman–Crippen LogP) is 2.00. The van der Waals surface area contributed by atoms with E-state index < -0.39 is 12.0 Å². The zero-order valence-electron chi connectivity index (χ0n) is 10.0. The molecule has 0 aliphatic heterocycles. The first kappa shape index (κ1) is 11.3. The molecule has 1 unspecified atom stereocenters. The van der Waals surface area contributed by atoms with Crippen LogP contribution in [0.2, 0.25) is 0 Å². The van der Waals surface area contributed by atoms with Gasteiger partial charge in [0.1, 0.15) is 6.04 Å². The van der Waals surface area contributed by atoms with Gasteiger partial charge >= 0.3 is 5.97 Å². The van der Waals surface area contributed by atoms with E-state index in [-0.39, 0.29) is 0 Å². The minimum atomic E-state index is -0.956. The van der Waals surface area contributed by atoms with Crippen LogP contribution in [0, 0.1) is 0 Å². The molecule has 0 spiro atoms. The number of nitrogens with two attached hydrogens (primary N) is 1. The Morgan fingerprint density at radius 3 is 2.94 bits per heavy atom. The molecular weight excluding hydrogens is 228 g/mol. The van der Waals surface area contributed by atoms with E-state index in [0.717, 1.165) is 16.5 Å². The molecule has 4 nitrogen and oxygen atoms in total. The monoisotopic (exact) mass is 244 g/mol. The van der Waals surface area contributed by atoms with Crippen LogP contribution < -0.4 is 5.73 Å². The smallest absolute Gasteiger partial charge is 0.320 e. The minimum Gasteiger partial charge on any atom is -0.480 e. The Morgan fingerprint density at radius 1 is 1.50 bits per heavy atom. The van der Waals surface area contributed by atoms with Crippen molar-refractivity contribution in [2.75, 3.05) is 0 Å². The normalized spacial score (nSPS) is 16.9. The summed E-state index contributed by atoms with van der Waals surface area (Å²) in [5.41, 5.74) is 9.08. The average Bonchev–Trinajstić information content (AvgIpc) is 3.12. The van der Waals surface area contributed by atoms with Gasteiger partial charge in [-0.15, -0.1) is 0 Å². The first-order valence-corrected chi connectivity index (χ1v) is 6.24. The molecule has 1 aliphatic carbocycles. The van der Waals surface area contributed by atoms with Crippen molar-refractivity contribution in [3.8, 4) is 0 Å². The molecule has 4 N–H and O–H groups in total. The quantitative estimate of drug-likeness (QED) is 0.769. The van der Waals surface area contributed by atoms with Crippen molar-refractivity contribution in [1.29, 1.82) is 0 Å². The molecule has 0 amide bonds. The Kier molecular flexibility index (Phi) is 2.59. The van der Waals surface area contributed by atoms with E-state index in [9.17, 15) is 4.79 Å². The summed E-state index contributed by atoms with van der Waals surface area (Å²) in [7, 11) is 0. The van der Waals surface area contributed by atoms with Gasteiger partial charge in [0.15, 0.2) is 0 Å². The standard InChI is InChI=1S/C14H16N2O2/c15-12(14(17)18)6-9-7-16-13-10(8-4-5-8)2-1-3-11(9)13/h1-3,7-8,12,16H,4-6,15H2,(H,17,18). The number of aliphatic carboxylic acids is 1. The van der Waals surface area contributed by atoms with Crippen molar-refractivity contribution in [3.63, 3.8) is 0 Å². The zero-order valence-corrected chi connectivity index (χ0v) is 10.0. The summed E-state index contributed by atoms with van der Waals surface area (Å²) >= 11 is 0. The van der Waals surface area contributed by atoms with Gasteiger partial charge < -0.3 is 15.8 Å². The number of aromatic amines is 1.